The van der Waals surface area contributed by atoms with E-state index in [2.05, 4.69) is 10.3 Å². The average molecular weight is 276 g/mol. The predicted octanol–water partition coefficient (Wildman–Crippen LogP) is 2.89. The van der Waals surface area contributed by atoms with E-state index in [1.165, 1.54) is 0 Å². The minimum absolute atomic E-state index is 0.113. The average Bonchev–Trinajstić information content (AvgIpc) is 2.40. The molecule has 98 valence electrons. The van der Waals surface area contributed by atoms with Crippen LogP contribution in [0.3, 0.4) is 0 Å². The van der Waals surface area contributed by atoms with Crippen LogP contribution in [0.4, 0.5) is 11.4 Å². The van der Waals surface area contributed by atoms with Crippen molar-refractivity contribution in [1.29, 1.82) is 0 Å². The highest BCUT2D eigenvalue weighted by molar-refractivity contribution is 6.32. The Balaban J connectivity index is 1.92. The van der Waals surface area contributed by atoms with Crippen LogP contribution in [0.15, 0.2) is 42.6 Å². The maximum Gasteiger partial charge on any atom is 0.224 e. The third kappa shape index (κ3) is 3.69. The van der Waals surface area contributed by atoms with Gasteiger partial charge in [-0.1, -0.05) is 29.8 Å². The SMILES string of the molecule is Nc1ccccc1CCC(=O)Nc1cccnc1Cl. The molecule has 1 heterocycles. The molecule has 4 nitrogen and oxygen atoms in total. The molecule has 0 unspecified atom stereocenters. The van der Waals surface area contributed by atoms with Gasteiger partial charge in [-0.3, -0.25) is 4.79 Å². The lowest BCUT2D eigenvalue weighted by Crippen LogP contribution is -2.13. The number of nitrogens with two attached hydrogens (primary N) is 1. The van der Waals surface area contributed by atoms with Gasteiger partial charge in [-0.25, -0.2) is 4.98 Å². The van der Waals surface area contributed by atoms with Crippen molar-refractivity contribution in [2.45, 2.75) is 12.8 Å². The number of nitrogens with one attached hydrogen (secondary N) is 1. The largest absolute Gasteiger partial charge is 0.399 e. The molecule has 1 aromatic heterocycles. The molecule has 19 heavy (non-hydrogen) atoms. The fraction of sp³-hybridized carbons (Fsp3) is 0.143. The van der Waals surface area contributed by atoms with Gasteiger partial charge in [0.15, 0.2) is 5.15 Å². The second-order valence-electron chi connectivity index (χ2n) is 4.09. The van der Waals surface area contributed by atoms with E-state index in [-0.39, 0.29) is 11.1 Å². The van der Waals surface area contributed by atoms with Crippen molar-refractivity contribution >= 4 is 28.9 Å². The minimum atomic E-state index is -0.113. The Morgan fingerprint density at radius 1 is 1.26 bits per heavy atom. The number of hydrogen-bond donors (Lipinski definition) is 2. The second-order valence-corrected chi connectivity index (χ2v) is 4.45. The van der Waals surface area contributed by atoms with Gasteiger partial charge in [0, 0.05) is 18.3 Å². The number of carbonyl (C=O) groups excluding carboxylic acids is 1. The molecule has 2 aromatic rings. The summed E-state index contributed by atoms with van der Waals surface area (Å²) in [6.07, 6.45) is 2.51. The van der Waals surface area contributed by atoms with Crippen molar-refractivity contribution in [2.24, 2.45) is 0 Å². The first-order chi connectivity index (χ1) is 9.16. The Labute approximate surface area is 116 Å². The highest BCUT2D eigenvalue weighted by Crippen LogP contribution is 2.18. The smallest absolute Gasteiger partial charge is 0.224 e. The summed E-state index contributed by atoms with van der Waals surface area (Å²) in [6.45, 7) is 0. The topological polar surface area (TPSA) is 68.0 Å². The summed E-state index contributed by atoms with van der Waals surface area (Å²) >= 11 is 5.86. The number of para-hydroxylation sites is 1. The first-order valence-electron chi connectivity index (χ1n) is 5.90. The van der Waals surface area contributed by atoms with E-state index in [9.17, 15) is 4.79 Å². The number of rotatable bonds is 4. The number of hydrogen-bond acceptors (Lipinski definition) is 3. The number of pyridine rings is 1. The van der Waals surface area contributed by atoms with Crippen LogP contribution in [0.1, 0.15) is 12.0 Å². The van der Waals surface area contributed by atoms with Gasteiger partial charge in [0.1, 0.15) is 0 Å². The normalized spacial score (nSPS) is 10.2. The molecule has 0 saturated heterocycles. The standard InChI is InChI=1S/C14H14ClN3O/c15-14-12(6-3-9-17-14)18-13(19)8-7-10-4-1-2-5-11(10)16/h1-6,9H,7-8,16H2,(H,18,19). The second kappa shape index (κ2) is 6.20. The number of carbonyl (C=O) groups is 1. The Bertz CT molecular complexity index is 586. The van der Waals surface area contributed by atoms with Gasteiger partial charge in [-0.05, 0) is 30.2 Å². The zero-order chi connectivity index (χ0) is 13.7. The summed E-state index contributed by atoms with van der Waals surface area (Å²) in [7, 11) is 0. The third-order valence-corrected chi connectivity index (χ3v) is 3.01. The summed E-state index contributed by atoms with van der Waals surface area (Å²) in [6, 6.07) is 10.9. The summed E-state index contributed by atoms with van der Waals surface area (Å²) < 4.78 is 0. The molecule has 5 heteroatoms. The van der Waals surface area contributed by atoms with Crippen LogP contribution in [0.25, 0.3) is 0 Å². The molecular weight excluding hydrogens is 262 g/mol. The van der Waals surface area contributed by atoms with Gasteiger partial charge >= 0.3 is 0 Å². The lowest BCUT2D eigenvalue weighted by atomic mass is 10.1. The Morgan fingerprint density at radius 3 is 2.79 bits per heavy atom. The Hall–Kier alpha value is -2.07. The zero-order valence-electron chi connectivity index (χ0n) is 10.3. The number of aromatic nitrogens is 1. The van der Waals surface area contributed by atoms with Gasteiger partial charge < -0.3 is 11.1 Å². The van der Waals surface area contributed by atoms with Crippen LogP contribution in [0, 0.1) is 0 Å². The minimum Gasteiger partial charge on any atom is -0.399 e. The molecule has 0 aliphatic carbocycles. The number of benzene rings is 1. The van der Waals surface area contributed by atoms with E-state index in [0.29, 0.717) is 24.2 Å². The molecule has 0 aliphatic rings. The number of anilines is 2. The predicted molar refractivity (Wildman–Crippen MR) is 77.1 cm³/mol. The fourth-order valence-electron chi connectivity index (χ4n) is 1.70. The molecule has 0 aliphatic heterocycles. The van der Waals surface area contributed by atoms with Gasteiger partial charge in [-0.2, -0.15) is 0 Å². The van der Waals surface area contributed by atoms with Crippen molar-refractivity contribution in [1.82, 2.24) is 4.98 Å². The van der Waals surface area contributed by atoms with Crippen molar-refractivity contribution in [2.75, 3.05) is 11.1 Å². The summed E-state index contributed by atoms with van der Waals surface area (Å²) in [5.41, 5.74) is 8.01. The van der Waals surface area contributed by atoms with Crippen LogP contribution in [-0.4, -0.2) is 10.9 Å². The van der Waals surface area contributed by atoms with E-state index < -0.39 is 0 Å². The molecule has 1 aromatic carbocycles. The molecule has 0 bridgehead atoms. The van der Waals surface area contributed by atoms with E-state index in [1.807, 2.05) is 24.3 Å². The lowest BCUT2D eigenvalue weighted by molar-refractivity contribution is -0.116. The fourth-order valence-corrected chi connectivity index (χ4v) is 1.87. The summed E-state index contributed by atoms with van der Waals surface area (Å²) in [5.74, 6) is -0.113. The van der Waals surface area contributed by atoms with E-state index in [4.69, 9.17) is 17.3 Å². The number of nitrogens with zero attached hydrogens (tertiary/aromatic N) is 1. The molecule has 1 amide bonds. The van der Waals surface area contributed by atoms with E-state index in [0.717, 1.165) is 5.56 Å². The van der Waals surface area contributed by atoms with Crippen LogP contribution in [0.5, 0.6) is 0 Å². The van der Waals surface area contributed by atoms with E-state index in [1.54, 1.807) is 18.3 Å². The number of amides is 1. The summed E-state index contributed by atoms with van der Waals surface area (Å²) in [5, 5.41) is 3.01. The monoisotopic (exact) mass is 275 g/mol. The van der Waals surface area contributed by atoms with Crippen LogP contribution >= 0.6 is 11.6 Å². The molecule has 0 fully saturated rings. The molecular formula is C14H14ClN3O. The quantitative estimate of drug-likeness (QED) is 0.666. The van der Waals surface area contributed by atoms with Gasteiger partial charge in [0.2, 0.25) is 5.91 Å². The van der Waals surface area contributed by atoms with Crippen molar-refractivity contribution in [3.8, 4) is 0 Å². The molecule has 0 atom stereocenters. The van der Waals surface area contributed by atoms with Crippen LogP contribution in [-0.2, 0) is 11.2 Å². The first kappa shape index (κ1) is 13.4. The van der Waals surface area contributed by atoms with Gasteiger partial charge in [-0.15, -0.1) is 0 Å². The highest BCUT2D eigenvalue weighted by Gasteiger charge is 2.07. The lowest BCUT2D eigenvalue weighted by Gasteiger charge is -2.07. The highest BCUT2D eigenvalue weighted by atomic mass is 35.5. The number of halogens is 1. The molecule has 0 spiro atoms. The maximum absolute atomic E-state index is 11.8. The molecule has 0 saturated carbocycles. The Morgan fingerprint density at radius 2 is 2.05 bits per heavy atom. The third-order valence-electron chi connectivity index (χ3n) is 2.71. The molecule has 2 rings (SSSR count). The maximum atomic E-state index is 11.8. The molecule has 3 N–H and O–H groups in total. The molecule has 0 radical (unpaired) electrons. The van der Waals surface area contributed by atoms with Crippen molar-refractivity contribution in [3.05, 3.63) is 53.3 Å². The number of nitrogen functional groups attached to an aromatic ring is 1. The Kier molecular flexibility index (Phi) is 4.36. The van der Waals surface area contributed by atoms with Gasteiger partial charge in [0.25, 0.3) is 0 Å². The van der Waals surface area contributed by atoms with Crippen molar-refractivity contribution in [3.63, 3.8) is 0 Å². The van der Waals surface area contributed by atoms with Crippen LogP contribution < -0.4 is 11.1 Å². The summed E-state index contributed by atoms with van der Waals surface area (Å²) in [4.78, 5) is 15.7. The van der Waals surface area contributed by atoms with Crippen molar-refractivity contribution < 1.29 is 4.79 Å². The zero-order valence-corrected chi connectivity index (χ0v) is 11.0. The first-order valence-corrected chi connectivity index (χ1v) is 6.28. The number of aryl methyl sites for hydroxylation is 1. The van der Waals surface area contributed by atoms with E-state index >= 15 is 0 Å². The van der Waals surface area contributed by atoms with Gasteiger partial charge in [0.05, 0.1) is 5.69 Å². The van der Waals surface area contributed by atoms with Crippen LogP contribution in [0.2, 0.25) is 5.15 Å².